The summed E-state index contributed by atoms with van der Waals surface area (Å²) in [4.78, 5) is 2.20. The van der Waals surface area contributed by atoms with Crippen LogP contribution in [-0.4, -0.2) is 66.9 Å². The van der Waals surface area contributed by atoms with Crippen LogP contribution >= 0.6 is 12.4 Å². The van der Waals surface area contributed by atoms with E-state index in [1.807, 2.05) is 0 Å². The molecular weight excluding hydrogens is 262 g/mol. The number of hydrogen-bond acceptors (Lipinski definition) is 5. The minimum absolute atomic E-state index is 0. The summed E-state index contributed by atoms with van der Waals surface area (Å²) in [7, 11) is 4.52. The van der Waals surface area contributed by atoms with Crippen molar-refractivity contribution in [3.8, 4) is 0 Å². The third kappa shape index (κ3) is 8.09. The first-order valence-electron chi connectivity index (χ1n) is 5.59. The van der Waals surface area contributed by atoms with Crippen molar-refractivity contribution >= 4 is 21.2 Å². The molecule has 0 radical (unpaired) electrons. The minimum Gasteiger partial charge on any atom is -0.396 e. The molecular formula is C10H26ClNO4Si. The van der Waals surface area contributed by atoms with E-state index in [-0.39, 0.29) is 19.0 Å². The zero-order valence-electron chi connectivity index (χ0n) is 11.3. The van der Waals surface area contributed by atoms with Crippen molar-refractivity contribution in [3.05, 3.63) is 0 Å². The molecule has 17 heavy (non-hydrogen) atoms. The van der Waals surface area contributed by atoms with E-state index in [0.717, 1.165) is 32.0 Å². The quantitative estimate of drug-likeness (QED) is 0.480. The van der Waals surface area contributed by atoms with Gasteiger partial charge in [-0.05, 0) is 26.4 Å². The highest BCUT2D eigenvalue weighted by molar-refractivity contribution is 6.60. The van der Waals surface area contributed by atoms with Crippen molar-refractivity contribution in [2.24, 2.45) is 0 Å². The van der Waals surface area contributed by atoms with Gasteiger partial charge in [-0.15, -0.1) is 12.4 Å². The van der Waals surface area contributed by atoms with E-state index in [9.17, 15) is 0 Å². The second-order valence-corrected chi connectivity index (χ2v) is 6.87. The van der Waals surface area contributed by atoms with Gasteiger partial charge in [0.1, 0.15) is 0 Å². The zero-order chi connectivity index (χ0) is 12.4. The molecule has 0 aromatic rings. The van der Waals surface area contributed by atoms with E-state index in [4.69, 9.17) is 18.4 Å². The van der Waals surface area contributed by atoms with Crippen LogP contribution in [0, 0.1) is 0 Å². The summed E-state index contributed by atoms with van der Waals surface area (Å²) in [6, 6.07) is 0.784. The van der Waals surface area contributed by atoms with Crippen molar-refractivity contribution < 1.29 is 18.4 Å². The molecule has 0 unspecified atom stereocenters. The minimum atomic E-state index is -2.42. The largest absolute Gasteiger partial charge is 0.501 e. The first-order valence-corrected chi connectivity index (χ1v) is 7.52. The number of aliphatic hydroxyl groups excluding tert-OH is 1. The number of hydrogen-bond donors (Lipinski definition) is 1. The molecule has 7 heteroatoms. The maximum atomic E-state index is 8.68. The Balaban J connectivity index is 0. The van der Waals surface area contributed by atoms with Gasteiger partial charge in [0, 0.05) is 40.5 Å². The SMILES string of the molecule is CO[Si](CCN(C)CCCCO)(OC)OC.Cl. The predicted octanol–water partition coefficient (Wildman–Crippen LogP) is 0.991. The number of halogens is 1. The average molecular weight is 288 g/mol. The topological polar surface area (TPSA) is 51.2 Å². The Hall–Kier alpha value is 0.307. The van der Waals surface area contributed by atoms with E-state index < -0.39 is 8.80 Å². The van der Waals surface area contributed by atoms with Gasteiger partial charge in [-0.25, -0.2) is 0 Å². The van der Waals surface area contributed by atoms with Gasteiger partial charge in [-0.1, -0.05) is 0 Å². The second kappa shape index (κ2) is 11.4. The van der Waals surface area contributed by atoms with Crippen molar-refractivity contribution in [3.63, 3.8) is 0 Å². The fourth-order valence-electron chi connectivity index (χ4n) is 1.49. The fraction of sp³-hybridized carbons (Fsp3) is 1.00. The molecule has 0 atom stereocenters. The van der Waals surface area contributed by atoms with E-state index in [2.05, 4.69) is 11.9 Å². The van der Waals surface area contributed by atoms with Gasteiger partial charge in [-0.3, -0.25) is 0 Å². The Kier molecular flexibility index (Phi) is 13.2. The van der Waals surface area contributed by atoms with Gasteiger partial charge in [0.2, 0.25) is 0 Å². The summed E-state index contributed by atoms with van der Waals surface area (Å²) in [6.07, 6.45) is 1.86. The molecule has 0 rings (SSSR count). The van der Waals surface area contributed by atoms with Crippen molar-refractivity contribution in [2.75, 3.05) is 48.1 Å². The second-order valence-electron chi connectivity index (χ2n) is 3.78. The van der Waals surface area contributed by atoms with Crippen LogP contribution < -0.4 is 0 Å². The molecule has 0 aromatic carbocycles. The van der Waals surface area contributed by atoms with Crippen molar-refractivity contribution in [1.29, 1.82) is 0 Å². The van der Waals surface area contributed by atoms with Crippen molar-refractivity contribution in [1.82, 2.24) is 4.90 Å². The highest BCUT2D eigenvalue weighted by Gasteiger charge is 2.37. The van der Waals surface area contributed by atoms with Crippen molar-refractivity contribution in [2.45, 2.75) is 18.9 Å². The third-order valence-electron chi connectivity index (χ3n) is 2.68. The summed E-state index contributed by atoms with van der Waals surface area (Å²) in [6.45, 7) is 2.12. The molecule has 0 saturated heterocycles. The Morgan fingerprint density at radius 2 is 1.53 bits per heavy atom. The van der Waals surface area contributed by atoms with Crippen LogP contribution in [0.2, 0.25) is 6.04 Å². The predicted molar refractivity (Wildman–Crippen MR) is 72.7 cm³/mol. The van der Waals surface area contributed by atoms with E-state index in [1.165, 1.54) is 0 Å². The summed E-state index contributed by atoms with van der Waals surface area (Å²) in [5, 5.41) is 8.68. The number of aliphatic hydroxyl groups is 1. The summed E-state index contributed by atoms with van der Waals surface area (Å²) in [5.74, 6) is 0. The normalized spacial score (nSPS) is 11.6. The van der Waals surface area contributed by atoms with Gasteiger partial charge in [0.15, 0.2) is 0 Å². The van der Waals surface area contributed by atoms with Gasteiger partial charge < -0.3 is 23.3 Å². The third-order valence-corrected chi connectivity index (χ3v) is 5.38. The lowest BCUT2D eigenvalue weighted by Gasteiger charge is -2.26. The molecule has 0 aliphatic heterocycles. The number of rotatable bonds is 10. The van der Waals surface area contributed by atoms with Gasteiger partial charge in [0.25, 0.3) is 0 Å². The maximum Gasteiger partial charge on any atom is 0.501 e. The molecule has 0 aliphatic carbocycles. The Labute approximate surface area is 112 Å². The molecule has 0 fully saturated rings. The first-order chi connectivity index (χ1) is 7.64. The molecule has 0 bridgehead atoms. The summed E-state index contributed by atoms with van der Waals surface area (Å²) in [5.41, 5.74) is 0. The molecule has 0 spiro atoms. The van der Waals surface area contributed by atoms with Gasteiger partial charge >= 0.3 is 8.80 Å². The van der Waals surface area contributed by atoms with Crippen LogP contribution in [-0.2, 0) is 13.3 Å². The first kappa shape index (κ1) is 19.6. The van der Waals surface area contributed by atoms with Crippen LogP contribution in [0.4, 0.5) is 0 Å². The smallest absolute Gasteiger partial charge is 0.396 e. The molecule has 5 nitrogen and oxygen atoms in total. The Morgan fingerprint density at radius 1 is 1.00 bits per heavy atom. The molecule has 0 aliphatic rings. The van der Waals surface area contributed by atoms with Crippen LogP contribution in [0.1, 0.15) is 12.8 Å². The lowest BCUT2D eigenvalue weighted by Crippen LogP contribution is -2.45. The van der Waals surface area contributed by atoms with Crippen LogP contribution in [0.5, 0.6) is 0 Å². The fourth-order valence-corrected chi connectivity index (χ4v) is 3.26. The van der Waals surface area contributed by atoms with E-state index >= 15 is 0 Å². The summed E-state index contributed by atoms with van der Waals surface area (Å²) < 4.78 is 16.0. The van der Waals surface area contributed by atoms with Gasteiger partial charge in [-0.2, -0.15) is 0 Å². The van der Waals surface area contributed by atoms with Gasteiger partial charge in [0.05, 0.1) is 0 Å². The lowest BCUT2D eigenvalue weighted by molar-refractivity contribution is 0.119. The number of unbranched alkanes of at least 4 members (excludes halogenated alkanes) is 1. The summed E-state index contributed by atoms with van der Waals surface area (Å²) >= 11 is 0. The standard InChI is InChI=1S/C10H25NO4Si.ClH/c1-11(7-5-6-9-12)8-10-16(13-2,14-3)15-4;/h12H,5-10H2,1-4H3;1H. The molecule has 106 valence electrons. The zero-order valence-corrected chi connectivity index (χ0v) is 13.1. The Morgan fingerprint density at radius 3 is 1.94 bits per heavy atom. The molecule has 0 saturated carbocycles. The monoisotopic (exact) mass is 287 g/mol. The van der Waals surface area contributed by atoms with Crippen LogP contribution in [0.3, 0.4) is 0 Å². The lowest BCUT2D eigenvalue weighted by atomic mass is 10.3. The van der Waals surface area contributed by atoms with Crippen LogP contribution in [0.15, 0.2) is 0 Å². The van der Waals surface area contributed by atoms with Crippen LogP contribution in [0.25, 0.3) is 0 Å². The highest BCUT2D eigenvalue weighted by atomic mass is 35.5. The molecule has 0 heterocycles. The van der Waals surface area contributed by atoms with E-state index in [0.29, 0.717) is 0 Å². The maximum absolute atomic E-state index is 8.68. The highest BCUT2D eigenvalue weighted by Crippen LogP contribution is 2.12. The molecule has 0 amide bonds. The Bertz CT molecular complexity index is 164. The molecule has 0 aromatic heterocycles. The number of nitrogens with zero attached hydrogens (tertiary/aromatic N) is 1. The average Bonchev–Trinajstić information content (AvgIpc) is 2.32. The van der Waals surface area contributed by atoms with E-state index in [1.54, 1.807) is 21.3 Å². The molecule has 1 N–H and O–H groups in total.